The molecule has 0 fully saturated rings. The zero-order valence-corrected chi connectivity index (χ0v) is 10.9. The van der Waals surface area contributed by atoms with Crippen molar-refractivity contribution in [2.24, 2.45) is 0 Å². The molecule has 100 valence electrons. The van der Waals surface area contributed by atoms with Crippen molar-refractivity contribution in [3.8, 4) is 5.69 Å². The van der Waals surface area contributed by atoms with Crippen LogP contribution in [0.25, 0.3) is 16.9 Å². The van der Waals surface area contributed by atoms with Gasteiger partial charge in [0, 0.05) is 6.20 Å². The van der Waals surface area contributed by atoms with E-state index in [1.165, 1.54) is 0 Å². The molecule has 0 N–H and O–H groups in total. The predicted octanol–water partition coefficient (Wildman–Crippen LogP) is 1.99. The van der Waals surface area contributed by atoms with Crippen molar-refractivity contribution in [2.45, 2.75) is 6.92 Å². The summed E-state index contributed by atoms with van der Waals surface area (Å²) in [5.74, 6) is -0.355. The second-order valence-electron chi connectivity index (χ2n) is 4.12. The summed E-state index contributed by atoms with van der Waals surface area (Å²) in [6.45, 7) is 2.12. The summed E-state index contributed by atoms with van der Waals surface area (Å²) in [7, 11) is 0. The summed E-state index contributed by atoms with van der Waals surface area (Å²) in [6.07, 6.45) is 1.68. The lowest BCUT2D eigenvalue weighted by molar-refractivity contribution is 0.0526. The molecule has 0 spiro atoms. The maximum absolute atomic E-state index is 11.7. The normalized spacial score (nSPS) is 10.7. The van der Waals surface area contributed by atoms with Crippen molar-refractivity contribution in [1.29, 1.82) is 0 Å². The second-order valence-corrected chi connectivity index (χ2v) is 4.12. The van der Waals surface area contributed by atoms with Gasteiger partial charge in [-0.3, -0.25) is 0 Å². The van der Waals surface area contributed by atoms with E-state index < -0.39 is 0 Å². The molecule has 6 heteroatoms. The lowest BCUT2D eigenvalue weighted by Gasteiger charge is -2.05. The third-order valence-electron chi connectivity index (χ3n) is 2.81. The Balaban J connectivity index is 2.06. The summed E-state index contributed by atoms with van der Waals surface area (Å²) in [5, 5.41) is 8.10. The number of rotatable bonds is 3. The Morgan fingerprint density at radius 2 is 2.20 bits per heavy atom. The van der Waals surface area contributed by atoms with E-state index in [4.69, 9.17) is 4.74 Å². The molecule has 0 aliphatic rings. The Morgan fingerprint density at radius 3 is 3.05 bits per heavy atom. The Labute approximate surface area is 115 Å². The van der Waals surface area contributed by atoms with Crippen LogP contribution < -0.4 is 0 Å². The number of benzene rings is 1. The number of aromatic nitrogens is 4. The van der Waals surface area contributed by atoms with Crippen LogP contribution >= 0.6 is 0 Å². The SMILES string of the molecule is CCOC(=O)c1cccc(-n2nnc3cccnc32)c1. The second kappa shape index (κ2) is 5.08. The van der Waals surface area contributed by atoms with Gasteiger partial charge in [0.2, 0.25) is 0 Å². The fourth-order valence-electron chi connectivity index (χ4n) is 1.92. The third-order valence-corrected chi connectivity index (χ3v) is 2.81. The number of hydrogen-bond acceptors (Lipinski definition) is 5. The summed E-state index contributed by atoms with van der Waals surface area (Å²) in [6, 6.07) is 10.7. The van der Waals surface area contributed by atoms with E-state index in [0.29, 0.717) is 23.3 Å². The molecule has 0 aliphatic carbocycles. The first-order chi connectivity index (χ1) is 9.79. The number of fused-ring (bicyclic) bond motifs is 1. The zero-order valence-electron chi connectivity index (χ0n) is 10.9. The van der Waals surface area contributed by atoms with Crippen LogP contribution in [0.2, 0.25) is 0 Å². The van der Waals surface area contributed by atoms with Crippen LogP contribution in [0.1, 0.15) is 17.3 Å². The summed E-state index contributed by atoms with van der Waals surface area (Å²) >= 11 is 0. The molecule has 1 aromatic carbocycles. The highest BCUT2D eigenvalue weighted by molar-refractivity contribution is 5.90. The molecule has 0 atom stereocenters. The van der Waals surface area contributed by atoms with Crippen molar-refractivity contribution in [3.05, 3.63) is 48.2 Å². The minimum absolute atomic E-state index is 0.344. The first-order valence-corrected chi connectivity index (χ1v) is 6.23. The first-order valence-electron chi connectivity index (χ1n) is 6.23. The molecule has 20 heavy (non-hydrogen) atoms. The average Bonchev–Trinajstić information content (AvgIpc) is 2.91. The van der Waals surface area contributed by atoms with Crippen molar-refractivity contribution in [2.75, 3.05) is 6.61 Å². The third kappa shape index (κ3) is 2.11. The Bertz CT molecular complexity index is 766. The lowest BCUT2D eigenvalue weighted by atomic mass is 10.2. The van der Waals surface area contributed by atoms with Gasteiger partial charge in [-0.25, -0.2) is 9.78 Å². The average molecular weight is 268 g/mol. The molecule has 6 nitrogen and oxygen atoms in total. The summed E-state index contributed by atoms with van der Waals surface area (Å²) < 4.78 is 6.58. The molecular formula is C14H12N4O2. The van der Waals surface area contributed by atoms with Gasteiger partial charge in [0.05, 0.1) is 17.9 Å². The standard InChI is InChI=1S/C14H12N4O2/c1-2-20-14(19)10-5-3-6-11(9-10)18-13-12(16-17-18)7-4-8-15-13/h3-9H,2H2,1H3. The van der Waals surface area contributed by atoms with Gasteiger partial charge in [0.15, 0.2) is 5.65 Å². The van der Waals surface area contributed by atoms with Gasteiger partial charge in [0.25, 0.3) is 0 Å². The Morgan fingerprint density at radius 1 is 1.30 bits per heavy atom. The van der Waals surface area contributed by atoms with Gasteiger partial charge < -0.3 is 4.74 Å². The van der Waals surface area contributed by atoms with E-state index in [0.717, 1.165) is 5.69 Å². The van der Waals surface area contributed by atoms with Crippen molar-refractivity contribution >= 4 is 17.1 Å². The van der Waals surface area contributed by atoms with E-state index in [2.05, 4.69) is 15.3 Å². The fraction of sp³-hybridized carbons (Fsp3) is 0.143. The molecule has 3 aromatic rings. The molecule has 0 saturated carbocycles. The Hall–Kier alpha value is -2.76. The van der Waals surface area contributed by atoms with Crippen LogP contribution in [0.3, 0.4) is 0 Å². The fourth-order valence-corrected chi connectivity index (χ4v) is 1.92. The van der Waals surface area contributed by atoms with Gasteiger partial charge in [0.1, 0.15) is 5.52 Å². The molecule has 0 radical (unpaired) electrons. The molecule has 3 rings (SSSR count). The summed E-state index contributed by atoms with van der Waals surface area (Å²) in [4.78, 5) is 16.0. The van der Waals surface area contributed by atoms with Crippen molar-refractivity contribution in [1.82, 2.24) is 20.0 Å². The molecule has 0 amide bonds. The van der Waals surface area contributed by atoms with Gasteiger partial charge in [-0.15, -0.1) is 5.10 Å². The number of carbonyl (C=O) groups is 1. The number of nitrogens with zero attached hydrogens (tertiary/aromatic N) is 4. The lowest BCUT2D eigenvalue weighted by Crippen LogP contribution is -2.06. The predicted molar refractivity (Wildman–Crippen MR) is 72.6 cm³/mol. The van der Waals surface area contributed by atoms with E-state index in [1.54, 1.807) is 42.1 Å². The molecule has 2 heterocycles. The van der Waals surface area contributed by atoms with E-state index in [1.807, 2.05) is 12.1 Å². The number of hydrogen-bond donors (Lipinski definition) is 0. The summed E-state index contributed by atoms with van der Waals surface area (Å²) in [5.41, 5.74) is 2.54. The highest BCUT2D eigenvalue weighted by Gasteiger charge is 2.11. The number of pyridine rings is 1. The maximum Gasteiger partial charge on any atom is 0.338 e. The van der Waals surface area contributed by atoms with Gasteiger partial charge in [-0.1, -0.05) is 11.3 Å². The maximum atomic E-state index is 11.7. The molecule has 0 unspecified atom stereocenters. The monoisotopic (exact) mass is 268 g/mol. The minimum atomic E-state index is -0.355. The Kier molecular flexibility index (Phi) is 3.12. The van der Waals surface area contributed by atoms with Crippen LogP contribution in [0.4, 0.5) is 0 Å². The van der Waals surface area contributed by atoms with Crippen LogP contribution in [0.5, 0.6) is 0 Å². The van der Waals surface area contributed by atoms with Crippen molar-refractivity contribution < 1.29 is 9.53 Å². The van der Waals surface area contributed by atoms with Gasteiger partial charge >= 0.3 is 5.97 Å². The molecule has 0 saturated heterocycles. The number of esters is 1. The van der Waals surface area contributed by atoms with Crippen LogP contribution in [0.15, 0.2) is 42.6 Å². The van der Waals surface area contributed by atoms with Crippen LogP contribution in [-0.4, -0.2) is 32.6 Å². The number of carbonyl (C=O) groups excluding carboxylic acids is 1. The van der Waals surface area contributed by atoms with E-state index in [-0.39, 0.29) is 5.97 Å². The molecule has 0 bridgehead atoms. The van der Waals surface area contributed by atoms with E-state index >= 15 is 0 Å². The highest BCUT2D eigenvalue weighted by atomic mass is 16.5. The van der Waals surface area contributed by atoms with Gasteiger partial charge in [-0.05, 0) is 37.3 Å². The topological polar surface area (TPSA) is 69.9 Å². The smallest absolute Gasteiger partial charge is 0.338 e. The van der Waals surface area contributed by atoms with Gasteiger partial charge in [-0.2, -0.15) is 4.68 Å². The quantitative estimate of drug-likeness (QED) is 0.679. The molecule has 0 aliphatic heterocycles. The van der Waals surface area contributed by atoms with E-state index in [9.17, 15) is 4.79 Å². The first kappa shape index (κ1) is 12.3. The zero-order chi connectivity index (χ0) is 13.9. The minimum Gasteiger partial charge on any atom is -0.462 e. The molecule has 2 aromatic heterocycles. The van der Waals surface area contributed by atoms with Crippen molar-refractivity contribution in [3.63, 3.8) is 0 Å². The molecular weight excluding hydrogens is 256 g/mol. The largest absolute Gasteiger partial charge is 0.462 e. The van der Waals surface area contributed by atoms with Crippen LogP contribution in [0, 0.1) is 0 Å². The number of ether oxygens (including phenoxy) is 1. The van der Waals surface area contributed by atoms with Crippen LogP contribution in [-0.2, 0) is 4.74 Å². The highest BCUT2D eigenvalue weighted by Crippen LogP contribution is 2.15.